The number of fused-ring (bicyclic) bond motifs is 10. The van der Waals surface area contributed by atoms with Gasteiger partial charge >= 0.3 is 0 Å². The molecule has 0 unspecified atom stereocenters. The van der Waals surface area contributed by atoms with Gasteiger partial charge in [0.1, 0.15) is 0 Å². The summed E-state index contributed by atoms with van der Waals surface area (Å²) < 4.78 is 7.25. The average molecular weight is 713 g/mol. The lowest BCUT2D eigenvalue weighted by Gasteiger charge is -2.46. The Bertz CT molecular complexity index is 2700. The number of hydrogen-bond acceptors (Lipinski definition) is 3. The zero-order valence-electron chi connectivity index (χ0n) is 32.6. The molecule has 7 aromatic rings. The lowest BCUT2D eigenvalue weighted by molar-refractivity contribution is 0.472. The fourth-order valence-corrected chi connectivity index (χ4v) is 10.5. The fourth-order valence-electron chi connectivity index (χ4n) is 10.5. The molecule has 4 aliphatic rings. The maximum absolute atomic E-state index is 7.25. The third kappa shape index (κ3) is 4.16. The molecule has 0 bridgehead atoms. The van der Waals surface area contributed by atoms with Crippen molar-refractivity contribution in [1.29, 1.82) is 0 Å². The number of nitrogens with zero attached hydrogens (tertiary/aromatic N) is 2. The maximum Gasteiger partial charge on any atom is 0.175 e. The third-order valence-electron chi connectivity index (χ3n) is 13.4. The second-order valence-electron chi connectivity index (χ2n) is 17.4. The number of rotatable bonds is 3. The molecule has 0 aromatic heterocycles. The van der Waals surface area contributed by atoms with Gasteiger partial charge in [0, 0.05) is 27.6 Å². The molecule has 0 N–H and O–H groups in total. The Kier molecular flexibility index (Phi) is 6.35. The average Bonchev–Trinajstić information content (AvgIpc) is 3.56. The van der Waals surface area contributed by atoms with Crippen LogP contribution >= 0.6 is 0 Å². The van der Waals surface area contributed by atoms with Crippen LogP contribution in [0.2, 0.25) is 0 Å². The molecule has 0 fully saturated rings. The summed E-state index contributed by atoms with van der Waals surface area (Å²) in [5.74, 6) is 1.75. The van der Waals surface area contributed by atoms with Gasteiger partial charge in [-0.05, 0) is 111 Å². The predicted octanol–water partition coefficient (Wildman–Crippen LogP) is 14.3. The summed E-state index contributed by atoms with van der Waals surface area (Å²) in [6, 6.07) is 52.0. The van der Waals surface area contributed by atoms with E-state index in [2.05, 4.69) is 198 Å². The van der Waals surface area contributed by atoms with Gasteiger partial charge in [0.2, 0.25) is 0 Å². The van der Waals surface area contributed by atoms with Crippen LogP contribution in [0.5, 0.6) is 11.5 Å². The van der Waals surface area contributed by atoms with Gasteiger partial charge in [-0.1, -0.05) is 139 Å². The standard InChI is InChI=1S/C52H44N2O/c1-31-15-14-22-46-47(31)54-44-21-13-12-20-40(44)52(6,7)41-27-28-45(49(55-46)48(41)54)53(32-23-25-36-34-16-8-10-18-38(34)50(2,3)42(36)29-32)33-24-26-37-35-17-9-11-19-39(35)51(4,5)43(37)30-33/h8-30H,1-7H3. The SMILES string of the molecule is Cc1cccc2c1N1c3ccccc3C(C)(C)c3ccc(N(c4ccc5c(c4)C(C)(C)c4ccccc4-5)c4ccc5c(c4)C(C)(C)c4ccccc4-5)c(c31)O2. The minimum absolute atomic E-state index is 0.142. The summed E-state index contributed by atoms with van der Waals surface area (Å²) in [4.78, 5) is 4.94. The number of hydrogen-bond donors (Lipinski definition) is 0. The van der Waals surface area contributed by atoms with E-state index < -0.39 is 0 Å². The molecule has 3 heteroatoms. The molecule has 2 aliphatic heterocycles. The van der Waals surface area contributed by atoms with Crippen molar-refractivity contribution in [2.45, 2.75) is 64.7 Å². The number of anilines is 6. The van der Waals surface area contributed by atoms with Crippen LogP contribution in [0.3, 0.4) is 0 Å². The van der Waals surface area contributed by atoms with Crippen molar-refractivity contribution in [2.24, 2.45) is 0 Å². The van der Waals surface area contributed by atoms with Gasteiger partial charge in [-0.25, -0.2) is 0 Å². The molecule has 3 nitrogen and oxygen atoms in total. The van der Waals surface area contributed by atoms with Crippen LogP contribution in [0.25, 0.3) is 22.3 Å². The van der Waals surface area contributed by atoms with Crippen LogP contribution in [0.1, 0.15) is 80.5 Å². The van der Waals surface area contributed by atoms with E-state index in [0.29, 0.717) is 0 Å². The van der Waals surface area contributed by atoms with Crippen LogP contribution in [0.4, 0.5) is 34.1 Å². The Labute approximate surface area is 324 Å². The van der Waals surface area contributed by atoms with Crippen molar-refractivity contribution in [2.75, 3.05) is 9.80 Å². The minimum atomic E-state index is -0.239. The van der Waals surface area contributed by atoms with Gasteiger partial charge < -0.3 is 14.5 Å². The molecule has 0 atom stereocenters. The smallest absolute Gasteiger partial charge is 0.175 e. The van der Waals surface area contributed by atoms with Crippen molar-refractivity contribution in [1.82, 2.24) is 0 Å². The van der Waals surface area contributed by atoms with Crippen LogP contribution in [-0.4, -0.2) is 0 Å². The summed E-state index contributed by atoms with van der Waals surface area (Å²) in [5.41, 5.74) is 20.6. The van der Waals surface area contributed by atoms with Gasteiger partial charge in [-0.15, -0.1) is 0 Å². The highest BCUT2D eigenvalue weighted by Crippen LogP contribution is 2.64. The predicted molar refractivity (Wildman–Crippen MR) is 228 cm³/mol. The molecule has 2 heterocycles. The first-order chi connectivity index (χ1) is 26.5. The molecular weight excluding hydrogens is 669 g/mol. The molecule has 55 heavy (non-hydrogen) atoms. The normalized spacial score (nSPS) is 16.5. The van der Waals surface area contributed by atoms with Crippen LogP contribution in [0, 0.1) is 6.92 Å². The monoisotopic (exact) mass is 712 g/mol. The lowest BCUT2D eigenvalue weighted by atomic mass is 9.73. The van der Waals surface area contributed by atoms with Crippen molar-refractivity contribution in [3.05, 3.63) is 178 Å². The summed E-state index contributed by atoms with van der Waals surface area (Å²) in [6.45, 7) is 16.4. The largest absolute Gasteiger partial charge is 0.451 e. The summed E-state index contributed by atoms with van der Waals surface area (Å²) in [5, 5.41) is 0. The van der Waals surface area contributed by atoms with E-state index in [4.69, 9.17) is 4.74 Å². The number of ether oxygens (including phenoxy) is 1. The topological polar surface area (TPSA) is 15.7 Å². The van der Waals surface area contributed by atoms with Crippen LogP contribution in [0.15, 0.2) is 140 Å². The molecule has 0 radical (unpaired) electrons. The second kappa shape index (κ2) is 10.8. The highest BCUT2D eigenvalue weighted by molar-refractivity contribution is 5.99. The molecule has 0 saturated carbocycles. The van der Waals surface area contributed by atoms with E-state index in [9.17, 15) is 0 Å². The Balaban J connectivity index is 1.19. The lowest BCUT2D eigenvalue weighted by Crippen LogP contribution is -2.33. The first kappa shape index (κ1) is 32.4. The van der Waals surface area contributed by atoms with Gasteiger partial charge in [0.05, 0.1) is 22.7 Å². The van der Waals surface area contributed by atoms with Crippen molar-refractivity contribution in [3.8, 4) is 33.8 Å². The molecule has 2 aliphatic carbocycles. The Morgan fingerprint density at radius 3 is 1.60 bits per heavy atom. The van der Waals surface area contributed by atoms with Crippen molar-refractivity contribution >= 4 is 34.1 Å². The van der Waals surface area contributed by atoms with E-state index in [0.717, 1.165) is 39.9 Å². The highest BCUT2D eigenvalue weighted by atomic mass is 16.5. The van der Waals surface area contributed by atoms with Crippen LogP contribution in [-0.2, 0) is 16.2 Å². The van der Waals surface area contributed by atoms with E-state index in [1.54, 1.807) is 0 Å². The first-order valence-corrected chi connectivity index (χ1v) is 19.6. The Morgan fingerprint density at radius 1 is 0.455 bits per heavy atom. The molecule has 268 valence electrons. The minimum Gasteiger partial charge on any atom is -0.451 e. The summed E-state index contributed by atoms with van der Waals surface area (Å²) >= 11 is 0. The number of aryl methyl sites for hydroxylation is 1. The highest BCUT2D eigenvalue weighted by Gasteiger charge is 2.44. The third-order valence-corrected chi connectivity index (χ3v) is 13.4. The molecule has 0 spiro atoms. The molecule has 11 rings (SSSR count). The van der Waals surface area contributed by atoms with Gasteiger partial charge in [-0.2, -0.15) is 0 Å². The van der Waals surface area contributed by atoms with Gasteiger partial charge in [0.25, 0.3) is 0 Å². The second-order valence-corrected chi connectivity index (χ2v) is 17.4. The molecule has 0 amide bonds. The Morgan fingerprint density at radius 2 is 0.982 bits per heavy atom. The molecule has 0 saturated heterocycles. The fraction of sp³-hybridized carbons (Fsp3) is 0.192. The maximum atomic E-state index is 7.25. The summed E-state index contributed by atoms with van der Waals surface area (Å²) in [6.07, 6.45) is 0. The van der Waals surface area contributed by atoms with E-state index in [1.165, 1.54) is 66.9 Å². The van der Waals surface area contributed by atoms with Gasteiger partial charge in [-0.3, -0.25) is 0 Å². The zero-order chi connectivity index (χ0) is 37.6. The van der Waals surface area contributed by atoms with Gasteiger partial charge in [0.15, 0.2) is 11.5 Å². The number of benzene rings is 7. The molecular formula is C52H44N2O. The zero-order valence-corrected chi connectivity index (χ0v) is 32.6. The van der Waals surface area contributed by atoms with E-state index in [-0.39, 0.29) is 16.2 Å². The van der Waals surface area contributed by atoms with E-state index >= 15 is 0 Å². The van der Waals surface area contributed by atoms with Crippen molar-refractivity contribution < 1.29 is 4.74 Å². The van der Waals surface area contributed by atoms with Crippen molar-refractivity contribution in [3.63, 3.8) is 0 Å². The molecule has 7 aromatic carbocycles. The summed E-state index contributed by atoms with van der Waals surface area (Å²) in [7, 11) is 0. The Hall–Kier alpha value is -6.06. The first-order valence-electron chi connectivity index (χ1n) is 19.6. The van der Waals surface area contributed by atoms with Crippen LogP contribution < -0.4 is 14.5 Å². The number of para-hydroxylation sites is 2. The quantitative estimate of drug-likeness (QED) is 0.181. The van der Waals surface area contributed by atoms with E-state index in [1.807, 2.05) is 0 Å².